The zero-order valence-electron chi connectivity index (χ0n) is 10.1. The van der Waals surface area contributed by atoms with Gasteiger partial charge in [0.25, 0.3) is 0 Å². The van der Waals surface area contributed by atoms with E-state index in [0.717, 1.165) is 4.90 Å². The average Bonchev–Trinajstić information content (AvgIpc) is 2.08. The molecule has 0 atom stereocenters. The minimum absolute atomic E-state index is 0.168. The van der Waals surface area contributed by atoms with Crippen molar-refractivity contribution in [3.8, 4) is 0 Å². The molecular weight excluding hydrogens is 237 g/mol. The van der Waals surface area contributed by atoms with E-state index in [2.05, 4.69) is 5.32 Å². The summed E-state index contributed by atoms with van der Waals surface area (Å²) in [6, 6.07) is -0.270. The molecule has 0 radical (unpaired) electrons. The van der Waals surface area contributed by atoms with E-state index in [0.29, 0.717) is 12.5 Å². The Balaban J connectivity index is 4.37. The number of alkyl halides is 3. The van der Waals surface area contributed by atoms with Gasteiger partial charge in [-0.2, -0.15) is 13.2 Å². The maximum atomic E-state index is 12.3. The second-order valence-electron chi connectivity index (χ2n) is 4.42. The van der Waals surface area contributed by atoms with Gasteiger partial charge in [0.1, 0.15) is 6.54 Å². The highest BCUT2D eigenvalue weighted by Gasteiger charge is 2.32. The van der Waals surface area contributed by atoms with E-state index in [1.165, 1.54) is 0 Å². The lowest BCUT2D eigenvalue weighted by Gasteiger charge is -2.30. The first-order valence-electron chi connectivity index (χ1n) is 5.24. The molecule has 0 saturated heterocycles. The molecule has 0 aliphatic heterocycles. The van der Waals surface area contributed by atoms with Crippen LogP contribution in [0.15, 0.2) is 0 Å². The third-order valence-corrected chi connectivity index (χ3v) is 2.27. The Hall–Kier alpha value is -0.520. The Morgan fingerprint density at radius 3 is 2.06 bits per heavy atom. The first-order valence-corrected chi connectivity index (χ1v) is 5.65. The van der Waals surface area contributed by atoms with Crippen LogP contribution in [0, 0.1) is 5.92 Å². The minimum atomic E-state index is -4.23. The normalized spacial score (nSPS) is 12.1. The predicted molar refractivity (Wildman–Crippen MR) is 63.3 cm³/mol. The third-order valence-electron chi connectivity index (χ3n) is 1.90. The molecule has 0 saturated carbocycles. The quantitative estimate of drug-likeness (QED) is 0.779. The molecule has 0 unspecified atom stereocenters. The monoisotopic (exact) mass is 256 g/mol. The summed E-state index contributed by atoms with van der Waals surface area (Å²) >= 11 is 4.95. The largest absolute Gasteiger partial charge is 0.406 e. The van der Waals surface area contributed by atoms with E-state index in [1.807, 2.05) is 13.8 Å². The molecule has 96 valence electrons. The van der Waals surface area contributed by atoms with Gasteiger partial charge in [0.15, 0.2) is 5.11 Å². The van der Waals surface area contributed by atoms with Crippen LogP contribution in [0.1, 0.15) is 27.7 Å². The zero-order chi connectivity index (χ0) is 12.9. The van der Waals surface area contributed by atoms with Gasteiger partial charge in [-0.15, -0.1) is 0 Å². The van der Waals surface area contributed by atoms with Crippen LogP contribution in [-0.2, 0) is 0 Å². The maximum absolute atomic E-state index is 12.3. The van der Waals surface area contributed by atoms with Crippen molar-refractivity contribution in [3.63, 3.8) is 0 Å². The van der Waals surface area contributed by atoms with Gasteiger partial charge in [0.2, 0.25) is 0 Å². The molecule has 0 spiro atoms. The van der Waals surface area contributed by atoms with Crippen molar-refractivity contribution in [1.82, 2.24) is 10.2 Å². The van der Waals surface area contributed by atoms with E-state index < -0.39 is 12.7 Å². The van der Waals surface area contributed by atoms with Gasteiger partial charge in [-0.3, -0.25) is 0 Å². The Bertz CT molecular complexity index is 227. The molecule has 0 heterocycles. The molecule has 0 bridgehead atoms. The molecule has 0 aromatic rings. The lowest BCUT2D eigenvalue weighted by molar-refractivity contribution is -0.140. The van der Waals surface area contributed by atoms with E-state index >= 15 is 0 Å². The van der Waals surface area contributed by atoms with Gasteiger partial charge in [0, 0.05) is 12.6 Å². The van der Waals surface area contributed by atoms with Crippen LogP contribution >= 0.6 is 12.2 Å². The minimum Gasteiger partial charge on any atom is -0.362 e. The number of hydrogen-bond donors (Lipinski definition) is 1. The Morgan fingerprint density at radius 1 is 1.25 bits per heavy atom. The predicted octanol–water partition coefficient (Wildman–Crippen LogP) is 2.79. The number of thiocarbonyl (C=S) groups is 1. The molecule has 2 nitrogen and oxygen atoms in total. The number of nitrogens with zero attached hydrogens (tertiary/aromatic N) is 1. The lowest BCUT2D eigenvalue weighted by Crippen LogP contribution is -2.48. The van der Waals surface area contributed by atoms with Crippen molar-refractivity contribution >= 4 is 17.3 Å². The molecular formula is C10H19F3N2S. The number of hydrogen-bond acceptors (Lipinski definition) is 1. The highest BCUT2D eigenvalue weighted by Crippen LogP contribution is 2.18. The molecule has 16 heavy (non-hydrogen) atoms. The first-order chi connectivity index (χ1) is 7.13. The van der Waals surface area contributed by atoms with Crippen LogP contribution in [0.5, 0.6) is 0 Å². The summed E-state index contributed by atoms with van der Waals surface area (Å²) < 4.78 is 36.9. The first kappa shape index (κ1) is 15.5. The van der Waals surface area contributed by atoms with Crippen LogP contribution in [-0.4, -0.2) is 35.3 Å². The molecule has 6 heteroatoms. The molecule has 0 aliphatic carbocycles. The highest BCUT2D eigenvalue weighted by atomic mass is 32.1. The maximum Gasteiger partial charge on any atom is 0.406 e. The molecule has 0 aromatic heterocycles. The van der Waals surface area contributed by atoms with Gasteiger partial charge in [-0.1, -0.05) is 13.8 Å². The fourth-order valence-corrected chi connectivity index (χ4v) is 1.43. The molecule has 0 amide bonds. The van der Waals surface area contributed by atoms with Crippen LogP contribution < -0.4 is 5.32 Å². The fourth-order valence-electron chi connectivity index (χ4n) is 1.08. The van der Waals surface area contributed by atoms with Crippen molar-refractivity contribution < 1.29 is 13.2 Å². The topological polar surface area (TPSA) is 15.3 Å². The van der Waals surface area contributed by atoms with Crippen molar-refractivity contribution in [2.75, 3.05) is 13.1 Å². The number of nitrogens with one attached hydrogen (secondary N) is 1. The van der Waals surface area contributed by atoms with Gasteiger partial charge in [0.05, 0.1) is 0 Å². The lowest BCUT2D eigenvalue weighted by atomic mass is 10.2. The third kappa shape index (κ3) is 6.87. The summed E-state index contributed by atoms with van der Waals surface area (Å²) in [5, 5.41) is 3.01. The van der Waals surface area contributed by atoms with Gasteiger partial charge in [-0.25, -0.2) is 0 Å². The SMILES string of the molecule is CC(C)CNC(=S)N(CC(F)(F)F)C(C)C. The summed E-state index contributed by atoms with van der Waals surface area (Å²) in [4.78, 5) is 1.15. The molecule has 0 rings (SSSR count). The van der Waals surface area contributed by atoms with E-state index in [1.54, 1.807) is 13.8 Å². The Morgan fingerprint density at radius 2 is 1.75 bits per heavy atom. The second kappa shape index (κ2) is 6.27. The van der Waals surface area contributed by atoms with Crippen LogP contribution in [0.25, 0.3) is 0 Å². The summed E-state index contributed by atoms with van der Waals surface area (Å²) in [6.07, 6.45) is -4.23. The second-order valence-corrected chi connectivity index (χ2v) is 4.80. The zero-order valence-corrected chi connectivity index (χ0v) is 10.9. The van der Waals surface area contributed by atoms with Crippen molar-refractivity contribution in [1.29, 1.82) is 0 Å². The molecule has 0 fully saturated rings. The van der Waals surface area contributed by atoms with Crippen LogP contribution in [0.2, 0.25) is 0 Å². The smallest absolute Gasteiger partial charge is 0.362 e. The van der Waals surface area contributed by atoms with Gasteiger partial charge >= 0.3 is 6.18 Å². The Labute approximate surface area is 100 Å². The van der Waals surface area contributed by atoms with Crippen molar-refractivity contribution in [2.24, 2.45) is 5.92 Å². The molecule has 1 N–H and O–H groups in total. The summed E-state index contributed by atoms with van der Waals surface area (Å²) in [6.45, 7) is 6.90. The molecule has 0 aliphatic rings. The number of rotatable bonds is 4. The van der Waals surface area contributed by atoms with E-state index in [4.69, 9.17) is 12.2 Å². The van der Waals surface area contributed by atoms with E-state index in [9.17, 15) is 13.2 Å². The van der Waals surface area contributed by atoms with Crippen LogP contribution in [0.4, 0.5) is 13.2 Å². The molecule has 0 aromatic carbocycles. The standard InChI is InChI=1S/C10H19F3N2S/c1-7(2)5-14-9(16)15(8(3)4)6-10(11,12)13/h7-8H,5-6H2,1-4H3,(H,14,16). The van der Waals surface area contributed by atoms with Gasteiger partial charge < -0.3 is 10.2 Å². The summed E-state index contributed by atoms with van der Waals surface area (Å²) in [7, 11) is 0. The van der Waals surface area contributed by atoms with Gasteiger partial charge in [-0.05, 0) is 32.0 Å². The summed E-state index contributed by atoms with van der Waals surface area (Å²) in [5.74, 6) is 0.345. The van der Waals surface area contributed by atoms with Crippen molar-refractivity contribution in [3.05, 3.63) is 0 Å². The Kier molecular flexibility index (Phi) is 6.07. The van der Waals surface area contributed by atoms with Crippen molar-refractivity contribution in [2.45, 2.75) is 39.9 Å². The summed E-state index contributed by atoms with van der Waals surface area (Å²) in [5.41, 5.74) is 0. The fraction of sp³-hybridized carbons (Fsp3) is 0.900. The highest BCUT2D eigenvalue weighted by molar-refractivity contribution is 7.80. The van der Waals surface area contributed by atoms with E-state index in [-0.39, 0.29) is 11.2 Å². The average molecular weight is 256 g/mol. The number of halogens is 3. The van der Waals surface area contributed by atoms with Crippen LogP contribution in [0.3, 0.4) is 0 Å².